The molecule has 0 radical (unpaired) electrons. The van der Waals surface area contributed by atoms with Gasteiger partial charge in [0.25, 0.3) is 0 Å². The molecule has 0 aliphatic rings. The molecule has 0 atom stereocenters. The highest BCUT2D eigenvalue weighted by Gasteiger charge is 2.30. The van der Waals surface area contributed by atoms with Crippen molar-refractivity contribution in [3.8, 4) is 5.75 Å². The van der Waals surface area contributed by atoms with Gasteiger partial charge in [-0.2, -0.15) is 13.2 Å². The Morgan fingerprint density at radius 2 is 1.21 bits per heavy atom. The summed E-state index contributed by atoms with van der Waals surface area (Å²) in [6, 6.07) is 32.4. The van der Waals surface area contributed by atoms with Crippen LogP contribution in [-0.4, -0.2) is 19.6 Å². The molecule has 0 spiro atoms. The van der Waals surface area contributed by atoms with Crippen LogP contribution in [0.25, 0.3) is 0 Å². The van der Waals surface area contributed by atoms with Crippen molar-refractivity contribution < 1.29 is 30.9 Å². The van der Waals surface area contributed by atoms with Crippen molar-refractivity contribution in [3.63, 3.8) is 0 Å². The Kier molecular flexibility index (Phi) is 10.4. The fraction of sp³-hybridized carbons (Fsp3) is 0.172. The van der Waals surface area contributed by atoms with Crippen LogP contribution in [0.15, 0.2) is 129 Å². The first-order valence-electron chi connectivity index (χ1n) is 11.8. The van der Waals surface area contributed by atoms with Gasteiger partial charge in [0.15, 0.2) is 14.7 Å². The maximum atomic E-state index is 12.0. The molecule has 0 saturated heterocycles. The second-order valence-electron chi connectivity index (χ2n) is 8.08. The van der Waals surface area contributed by atoms with Crippen LogP contribution in [0, 0.1) is 0 Å². The van der Waals surface area contributed by atoms with Crippen LogP contribution in [0.1, 0.15) is 25.3 Å². The molecular weight excluding hydrogens is 533 g/mol. The summed E-state index contributed by atoms with van der Waals surface area (Å²) in [6.07, 6.45) is -2.28. The quantitative estimate of drug-likeness (QED) is 0.127. The Morgan fingerprint density at radius 3 is 1.63 bits per heavy atom. The topological polar surface area (TPSA) is 66.4 Å². The Balaban J connectivity index is 0.000000244. The Morgan fingerprint density at radius 1 is 0.737 bits per heavy atom. The van der Waals surface area contributed by atoms with Crippen molar-refractivity contribution in [2.45, 2.75) is 45.5 Å². The minimum absolute atomic E-state index is 0.0858. The molecule has 38 heavy (non-hydrogen) atoms. The van der Waals surface area contributed by atoms with E-state index in [1.807, 2.05) is 0 Å². The number of unbranched alkanes of at least 4 members (excludes halogenated alkanes) is 1. The van der Waals surface area contributed by atoms with Crippen LogP contribution in [0.3, 0.4) is 0 Å². The summed E-state index contributed by atoms with van der Waals surface area (Å²) in [7, 11) is -4.77. The number of halogens is 3. The molecule has 0 aromatic heterocycles. The van der Waals surface area contributed by atoms with E-state index in [0.717, 1.165) is 25.2 Å². The van der Waals surface area contributed by atoms with Gasteiger partial charge >= 0.3 is 6.18 Å². The van der Waals surface area contributed by atoms with Gasteiger partial charge in [0.1, 0.15) is 15.9 Å². The maximum Gasteiger partial charge on any atom is 0.416 e. The average molecular weight is 561 g/mol. The van der Waals surface area contributed by atoms with Crippen LogP contribution >= 0.6 is 0 Å². The molecule has 0 fully saturated rings. The lowest BCUT2D eigenvalue weighted by molar-refractivity contribution is -0.137. The normalized spacial score (nSPS) is 11.5. The van der Waals surface area contributed by atoms with Gasteiger partial charge in [-0.3, -0.25) is 0 Å². The summed E-state index contributed by atoms with van der Waals surface area (Å²) >= 11 is 0. The Hall–Kier alpha value is -3.27. The lowest BCUT2D eigenvalue weighted by Gasteiger charge is -2.09. The van der Waals surface area contributed by atoms with E-state index in [2.05, 4.69) is 91.9 Å². The lowest BCUT2D eigenvalue weighted by Crippen LogP contribution is -2.05. The van der Waals surface area contributed by atoms with Crippen LogP contribution in [-0.2, 0) is 27.2 Å². The van der Waals surface area contributed by atoms with E-state index >= 15 is 0 Å². The molecule has 0 unspecified atom stereocenters. The molecule has 4 aromatic carbocycles. The SMILES string of the molecule is CCCCOc1ccc([S+](c2ccccc2)c2ccccc2)cc1.O=S(=O)([O-])c1ccc(C(F)(F)F)cc1. The largest absolute Gasteiger partial charge is 0.744 e. The highest BCUT2D eigenvalue weighted by atomic mass is 32.2. The molecule has 0 amide bonds. The first-order chi connectivity index (χ1) is 18.1. The van der Waals surface area contributed by atoms with Gasteiger partial charge in [-0.15, -0.1) is 0 Å². The van der Waals surface area contributed by atoms with Crippen LogP contribution in [0.4, 0.5) is 13.2 Å². The van der Waals surface area contributed by atoms with Gasteiger partial charge in [0, 0.05) is 0 Å². The number of benzene rings is 4. The van der Waals surface area contributed by atoms with Crippen molar-refractivity contribution in [2.24, 2.45) is 0 Å². The molecule has 4 nitrogen and oxygen atoms in total. The van der Waals surface area contributed by atoms with E-state index in [9.17, 15) is 26.1 Å². The fourth-order valence-corrected chi connectivity index (χ4v) is 5.89. The summed E-state index contributed by atoms with van der Waals surface area (Å²) in [4.78, 5) is 3.31. The van der Waals surface area contributed by atoms with Crippen molar-refractivity contribution in [2.75, 3.05) is 6.61 Å². The zero-order chi connectivity index (χ0) is 27.6. The van der Waals surface area contributed by atoms with Crippen molar-refractivity contribution in [1.82, 2.24) is 0 Å². The molecule has 0 N–H and O–H groups in total. The zero-order valence-corrected chi connectivity index (χ0v) is 22.2. The first-order valence-corrected chi connectivity index (χ1v) is 14.4. The van der Waals surface area contributed by atoms with Crippen LogP contribution in [0.2, 0.25) is 0 Å². The number of hydrogen-bond donors (Lipinski definition) is 0. The smallest absolute Gasteiger partial charge is 0.416 e. The molecule has 0 bridgehead atoms. The summed E-state index contributed by atoms with van der Waals surface area (Å²) in [6.45, 7) is 2.97. The van der Waals surface area contributed by atoms with E-state index in [0.29, 0.717) is 24.3 Å². The van der Waals surface area contributed by atoms with E-state index in [4.69, 9.17) is 4.74 Å². The minimum atomic E-state index is -4.68. The Labute approximate surface area is 224 Å². The number of rotatable bonds is 8. The van der Waals surface area contributed by atoms with Crippen molar-refractivity contribution in [3.05, 3.63) is 115 Å². The van der Waals surface area contributed by atoms with E-state index < -0.39 is 26.8 Å². The van der Waals surface area contributed by atoms with Gasteiger partial charge in [0.05, 0.1) is 28.0 Å². The van der Waals surface area contributed by atoms with Gasteiger partial charge < -0.3 is 9.29 Å². The number of alkyl halides is 3. The standard InChI is InChI=1S/C22H23OS.C7H5F3O3S/c1-2-3-18-23-19-14-16-22(17-15-19)24(20-10-6-4-7-11-20)21-12-8-5-9-13-21;8-7(9,10)5-1-3-6(4-2-5)14(11,12)13/h4-17H,2-3,18H2,1H3;1-4H,(H,11,12,13)/q+1;/p-1. The Bertz CT molecular complexity index is 1320. The van der Waals surface area contributed by atoms with Crippen molar-refractivity contribution in [1.29, 1.82) is 0 Å². The number of ether oxygens (including phenoxy) is 1. The molecule has 9 heteroatoms. The third-order valence-corrected chi connectivity index (χ3v) is 8.33. The third-order valence-electron chi connectivity index (χ3n) is 5.25. The average Bonchev–Trinajstić information content (AvgIpc) is 2.91. The second kappa shape index (κ2) is 13.5. The van der Waals surface area contributed by atoms with Gasteiger partial charge in [-0.05, 0) is 79.2 Å². The highest BCUT2D eigenvalue weighted by Crippen LogP contribution is 2.32. The molecule has 0 aliphatic carbocycles. The second-order valence-corrected chi connectivity index (χ2v) is 11.5. The molecule has 0 aliphatic heterocycles. The highest BCUT2D eigenvalue weighted by molar-refractivity contribution is 7.97. The maximum absolute atomic E-state index is 12.0. The van der Waals surface area contributed by atoms with Crippen LogP contribution < -0.4 is 4.74 Å². The molecular formula is C29H27F3O4S2. The summed E-state index contributed by atoms with van der Waals surface area (Å²) in [5.74, 6) is 0.955. The molecule has 0 saturated carbocycles. The van der Waals surface area contributed by atoms with Crippen molar-refractivity contribution >= 4 is 21.0 Å². The molecule has 4 rings (SSSR count). The van der Waals surface area contributed by atoms with E-state index in [-0.39, 0.29) is 10.9 Å². The van der Waals surface area contributed by atoms with Gasteiger partial charge in [-0.1, -0.05) is 49.7 Å². The van der Waals surface area contributed by atoms with E-state index in [1.54, 1.807) is 0 Å². The zero-order valence-electron chi connectivity index (χ0n) is 20.6. The summed E-state index contributed by atoms with van der Waals surface area (Å²) < 4.78 is 72.8. The fourth-order valence-electron chi connectivity index (χ4n) is 3.34. The first kappa shape index (κ1) is 29.3. The summed E-state index contributed by atoms with van der Waals surface area (Å²) in [5.41, 5.74) is -0.995. The predicted octanol–water partition coefficient (Wildman–Crippen LogP) is 7.57. The van der Waals surface area contributed by atoms with Gasteiger partial charge in [0.2, 0.25) is 0 Å². The van der Waals surface area contributed by atoms with Gasteiger partial charge in [-0.25, -0.2) is 8.42 Å². The summed E-state index contributed by atoms with van der Waals surface area (Å²) in [5, 5.41) is 0. The minimum Gasteiger partial charge on any atom is -0.744 e. The molecule has 4 aromatic rings. The number of hydrogen-bond acceptors (Lipinski definition) is 4. The van der Waals surface area contributed by atoms with Crippen LogP contribution in [0.5, 0.6) is 5.75 Å². The lowest BCUT2D eigenvalue weighted by atomic mass is 10.2. The molecule has 0 heterocycles. The predicted molar refractivity (Wildman–Crippen MR) is 141 cm³/mol. The molecule has 200 valence electrons. The monoisotopic (exact) mass is 560 g/mol. The third kappa shape index (κ3) is 8.65. The van der Waals surface area contributed by atoms with E-state index in [1.165, 1.54) is 14.7 Å².